The van der Waals surface area contributed by atoms with Crippen molar-refractivity contribution in [2.45, 2.75) is 0 Å². The molecule has 0 aliphatic rings. The number of carbonyl (C=O) groups is 1. The SMILES string of the molecule is COC(=O)c1cccc(Nc2ccc(-c3cccnn3)cc2)c1. The number of carbonyl (C=O) groups excluding carboxylic acids is 1. The van der Waals surface area contributed by atoms with Gasteiger partial charge in [0.15, 0.2) is 0 Å². The fraction of sp³-hybridized carbons (Fsp3) is 0.0556. The van der Waals surface area contributed by atoms with Crippen LogP contribution in [0.3, 0.4) is 0 Å². The number of anilines is 2. The average molecular weight is 305 g/mol. The van der Waals surface area contributed by atoms with Crippen molar-refractivity contribution in [3.8, 4) is 11.3 Å². The van der Waals surface area contributed by atoms with Crippen LogP contribution in [-0.2, 0) is 4.74 Å². The Labute approximate surface area is 134 Å². The number of aromatic nitrogens is 2. The van der Waals surface area contributed by atoms with E-state index in [1.54, 1.807) is 18.3 Å². The van der Waals surface area contributed by atoms with Gasteiger partial charge in [-0.15, -0.1) is 0 Å². The first-order chi connectivity index (χ1) is 11.3. The van der Waals surface area contributed by atoms with Crippen molar-refractivity contribution < 1.29 is 9.53 Å². The topological polar surface area (TPSA) is 64.1 Å². The van der Waals surface area contributed by atoms with E-state index >= 15 is 0 Å². The highest BCUT2D eigenvalue weighted by atomic mass is 16.5. The predicted molar refractivity (Wildman–Crippen MR) is 88.5 cm³/mol. The van der Waals surface area contributed by atoms with E-state index < -0.39 is 0 Å². The van der Waals surface area contributed by atoms with Crippen LogP contribution in [0.15, 0.2) is 66.9 Å². The van der Waals surface area contributed by atoms with Gasteiger partial charge in [0.25, 0.3) is 0 Å². The molecule has 0 aliphatic heterocycles. The minimum Gasteiger partial charge on any atom is -0.465 e. The van der Waals surface area contributed by atoms with E-state index in [1.807, 2.05) is 48.5 Å². The van der Waals surface area contributed by atoms with Gasteiger partial charge < -0.3 is 10.1 Å². The molecule has 5 heteroatoms. The number of hydrogen-bond acceptors (Lipinski definition) is 5. The van der Waals surface area contributed by atoms with Crippen LogP contribution >= 0.6 is 0 Å². The fourth-order valence-corrected chi connectivity index (χ4v) is 2.19. The Hall–Kier alpha value is -3.21. The van der Waals surface area contributed by atoms with Crippen LogP contribution in [-0.4, -0.2) is 23.3 Å². The van der Waals surface area contributed by atoms with Gasteiger partial charge in [-0.25, -0.2) is 4.79 Å². The zero-order valence-electron chi connectivity index (χ0n) is 12.6. The molecule has 3 rings (SSSR count). The molecule has 0 aliphatic carbocycles. The Morgan fingerprint density at radius 3 is 2.52 bits per heavy atom. The number of methoxy groups -OCH3 is 1. The van der Waals surface area contributed by atoms with Gasteiger partial charge in [0.05, 0.1) is 18.4 Å². The van der Waals surface area contributed by atoms with Crippen LogP contribution in [0.4, 0.5) is 11.4 Å². The number of ether oxygens (including phenoxy) is 1. The Morgan fingerprint density at radius 2 is 1.83 bits per heavy atom. The molecule has 0 spiro atoms. The molecule has 1 N–H and O–H groups in total. The zero-order valence-corrected chi connectivity index (χ0v) is 12.6. The summed E-state index contributed by atoms with van der Waals surface area (Å²) in [5.74, 6) is -0.355. The Morgan fingerprint density at radius 1 is 1.00 bits per heavy atom. The molecule has 0 saturated heterocycles. The van der Waals surface area contributed by atoms with E-state index in [1.165, 1.54) is 7.11 Å². The van der Waals surface area contributed by atoms with Gasteiger partial charge in [-0.05, 0) is 42.5 Å². The Kier molecular flexibility index (Phi) is 4.29. The summed E-state index contributed by atoms with van der Waals surface area (Å²) in [6, 6.07) is 18.8. The first-order valence-electron chi connectivity index (χ1n) is 7.10. The van der Waals surface area contributed by atoms with Crippen molar-refractivity contribution in [1.82, 2.24) is 10.2 Å². The van der Waals surface area contributed by atoms with Crippen molar-refractivity contribution in [3.05, 3.63) is 72.4 Å². The van der Waals surface area contributed by atoms with Crippen LogP contribution in [0.5, 0.6) is 0 Å². The second kappa shape index (κ2) is 6.70. The van der Waals surface area contributed by atoms with E-state index in [2.05, 4.69) is 15.5 Å². The van der Waals surface area contributed by atoms with Crippen LogP contribution in [0.25, 0.3) is 11.3 Å². The lowest BCUT2D eigenvalue weighted by atomic mass is 10.1. The minimum atomic E-state index is -0.355. The molecule has 0 saturated carbocycles. The lowest BCUT2D eigenvalue weighted by Crippen LogP contribution is -2.01. The number of nitrogens with zero attached hydrogens (tertiary/aromatic N) is 2. The highest BCUT2D eigenvalue weighted by Crippen LogP contribution is 2.22. The van der Waals surface area contributed by atoms with Crippen molar-refractivity contribution in [2.75, 3.05) is 12.4 Å². The zero-order chi connectivity index (χ0) is 16.1. The van der Waals surface area contributed by atoms with Crippen LogP contribution in [0.2, 0.25) is 0 Å². The Bertz CT molecular complexity index is 802. The summed E-state index contributed by atoms with van der Waals surface area (Å²) < 4.78 is 4.73. The molecule has 0 bridgehead atoms. The molecule has 0 fully saturated rings. The predicted octanol–water partition coefficient (Wildman–Crippen LogP) is 3.67. The number of hydrogen-bond donors (Lipinski definition) is 1. The van der Waals surface area contributed by atoms with Gasteiger partial charge in [0.2, 0.25) is 0 Å². The third-order valence-electron chi connectivity index (χ3n) is 3.33. The fourth-order valence-electron chi connectivity index (χ4n) is 2.19. The lowest BCUT2D eigenvalue weighted by Gasteiger charge is -2.08. The highest BCUT2D eigenvalue weighted by Gasteiger charge is 2.06. The van der Waals surface area contributed by atoms with Gasteiger partial charge >= 0.3 is 5.97 Å². The second-order valence-electron chi connectivity index (χ2n) is 4.88. The van der Waals surface area contributed by atoms with Crippen molar-refractivity contribution >= 4 is 17.3 Å². The summed E-state index contributed by atoms with van der Waals surface area (Å²) in [5, 5.41) is 11.2. The van der Waals surface area contributed by atoms with E-state index in [4.69, 9.17) is 4.74 Å². The molecule has 5 nitrogen and oxygen atoms in total. The number of benzene rings is 2. The summed E-state index contributed by atoms with van der Waals surface area (Å²) in [6.45, 7) is 0. The van der Waals surface area contributed by atoms with Gasteiger partial charge in [0.1, 0.15) is 0 Å². The summed E-state index contributed by atoms with van der Waals surface area (Å²) in [6.07, 6.45) is 1.65. The number of nitrogens with one attached hydrogen (secondary N) is 1. The van der Waals surface area contributed by atoms with E-state index in [9.17, 15) is 4.79 Å². The van der Waals surface area contributed by atoms with Crippen molar-refractivity contribution in [1.29, 1.82) is 0 Å². The Balaban J connectivity index is 1.77. The lowest BCUT2D eigenvalue weighted by molar-refractivity contribution is 0.0601. The van der Waals surface area contributed by atoms with E-state index in [0.717, 1.165) is 22.6 Å². The average Bonchev–Trinajstić information content (AvgIpc) is 2.62. The smallest absolute Gasteiger partial charge is 0.337 e. The second-order valence-corrected chi connectivity index (χ2v) is 4.88. The molecule has 0 atom stereocenters. The van der Waals surface area contributed by atoms with Crippen molar-refractivity contribution in [3.63, 3.8) is 0 Å². The van der Waals surface area contributed by atoms with Gasteiger partial charge in [-0.3, -0.25) is 0 Å². The maximum Gasteiger partial charge on any atom is 0.337 e. The number of esters is 1. The summed E-state index contributed by atoms with van der Waals surface area (Å²) in [4.78, 5) is 11.6. The normalized spacial score (nSPS) is 10.1. The molecule has 3 aromatic rings. The van der Waals surface area contributed by atoms with Crippen LogP contribution < -0.4 is 5.32 Å². The molecule has 1 heterocycles. The molecule has 23 heavy (non-hydrogen) atoms. The summed E-state index contributed by atoms with van der Waals surface area (Å²) in [5.41, 5.74) is 4.06. The largest absolute Gasteiger partial charge is 0.465 e. The highest BCUT2D eigenvalue weighted by molar-refractivity contribution is 5.90. The molecule has 2 aromatic carbocycles. The first kappa shape index (κ1) is 14.7. The molecule has 0 radical (unpaired) electrons. The van der Waals surface area contributed by atoms with Gasteiger partial charge in [-0.1, -0.05) is 18.2 Å². The molecular formula is C18H15N3O2. The number of rotatable bonds is 4. The van der Waals surface area contributed by atoms with Gasteiger partial charge in [0, 0.05) is 23.1 Å². The summed E-state index contributed by atoms with van der Waals surface area (Å²) >= 11 is 0. The third kappa shape index (κ3) is 3.52. The standard InChI is InChI=1S/C18H15N3O2/c1-23-18(22)14-4-2-5-16(12-14)20-15-9-7-13(8-10-15)17-6-3-11-19-21-17/h2-12,20H,1H3. The summed E-state index contributed by atoms with van der Waals surface area (Å²) in [7, 11) is 1.37. The van der Waals surface area contributed by atoms with Gasteiger partial charge in [-0.2, -0.15) is 10.2 Å². The molecule has 0 amide bonds. The molecule has 114 valence electrons. The monoisotopic (exact) mass is 305 g/mol. The van der Waals surface area contributed by atoms with Crippen molar-refractivity contribution in [2.24, 2.45) is 0 Å². The molecular weight excluding hydrogens is 290 g/mol. The maximum absolute atomic E-state index is 11.6. The van der Waals surface area contributed by atoms with E-state index in [-0.39, 0.29) is 5.97 Å². The van der Waals surface area contributed by atoms with E-state index in [0.29, 0.717) is 5.56 Å². The van der Waals surface area contributed by atoms with Crippen LogP contribution in [0, 0.1) is 0 Å². The molecule has 1 aromatic heterocycles. The quantitative estimate of drug-likeness (QED) is 0.745. The minimum absolute atomic E-state index is 0.355. The molecule has 0 unspecified atom stereocenters. The van der Waals surface area contributed by atoms with Crippen LogP contribution in [0.1, 0.15) is 10.4 Å². The maximum atomic E-state index is 11.6. The third-order valence-corrected chi connectivity index (χ3v) is 3.33. The first-order valence-corrected chi connectivity index (χ1v) is 7.10.